The summed E-state index contributed by atoms with van der Waals surface area (Å²) in [5, 5.41) is 9.32. The molecule has 9 heteroatoms. The number of carbonyl (C=O) groups is 1. The van der Waals surface area contributed by atoms with Crippen molar-refractivity contribution in [2.45, 2.75) is 19.4 Å². The predicted molar refractivity (Wildman–Crippen MR) is 92.6 cm³/mol. The molecule has 2 aromatic rings. The molecule has 0 fully saturated rings. The minimum Gasteiger partial charge on any atom is -0.462 e. The molecular formula is C18H15ClFNO6. The number of halogens is 2. The zero-order chi connectivity index (χ0) is 19.7. The molecule has 7 nitrogen and oxygen atoms in total. The summed E-state index contributed by atoms with van der Waals surface area (Å²) in [6.45, 7) is 1.02. The molecule has 1 aliphatic heterocycles. The van der Waals surface area contributed by atoms with Crippen molar-refractivity contribution in [1.82, 2.24) is 0 Å². The van der Waals surface area contributed by atoms with Crippen LogP contribution in [0.3, 0.4) is 0 Å². The summed E-state index contributed by atoms with van der Waals surface area (Å²) < 4.78 is 30.4. The number of rotatable bonds is 4. The van der Waals surface area contributed by atoms with Crippen molar-refractivity contribution in [2.75, 3.05) is 6.61 Å². The summed E-state index contributed by atoms with van der Waals surface area (Å²) in [5.41, 5.74) is 4.82. The first-order chi connectivity index (χ1) is 12.9. The van der Waals surface area contributed by atoms with Gasteiger partial charge in [0.05, 0.1) is 12.5 Å². The zero-order valence-corrected chi connectivity index (χ0v) is 14.9. The van der Waals surface area contributed by atoms with Crippen LogP contribution in [0.5, 0.6) is 5.75 Å². The van der Waals surface area contributed by atoms with E-state index in [1.807, 2.05) is 0 Å². The van der Waals surface area contributed by atoms with Crippen LogP contribution in [0.15, 0.2) is 44.9 Å². The number of fused-ring (bicyclic) bond motifs is 1. The Labute approximate surface area is 157 Å². The standard InChI is InChI=1S/C18H15ClFNO6/c1-2-25-18(24)14-13(12-9(19)4-3-5-10(12)20)16-15(27-17(14)21)11(23)6-8(7-22)26-16/h3-6,13,22H,2,7,21H2,1H3. The van der Waals surface area contributed by atoms with E-state index in [2.05, 4.69) is 0 Å². The highest BCUT2D eigenvalue weighted by Crippen LogP contribution is 2.44. The molecule has 0 radical (unpaired) electrons. The quantitative estimate of drug-likeness (QED) is 0.763. The summed E-state index contributed by atoms with van der Waals surface area (Å²) in [5.74, 6) is -3.94. The van der Waals surface area contributed by atoms with E-state index in [1.165, 1.54) is 12.1 Å². The number of ether oxygens (including phenoxy) is 2. The van der Waals surface area contributed by atoms with Gasteiger partial charge in [-0.05, 0) is 19.1 Å². The summed E-state index contributed by atoms with van der Waals surface area (Å²) in [6.07, 6.45) is 0. The van der Waals surface area contributed by atoms with E-state index in [4.69, 9.17) is 31.2 Å². The summed E-state index contributed by atoms with van der Waals surface area (Å²) in [7, 11) is 0. The summed E-state index contributed by atoms with van der Waals surface area (Å²) >= 11 is 6.17. The van der Waals surface area contributed by atoms with E-state index < -0.39 is 35.6 Å². The van der Waals surface area contributed by atoms with Crippen LogP contribution in [0.25, 0.3) is 0 Å². The zero-order valence-electron chi connectivity index (χ0n) is 14.1. The van der Waals surface area contributed by atoms with Crippen LogP contribution in [0.2, 0.25) is 5.02 Å². The Bertz CT molecular complexity index is 980. The monoisotopic (exact) mass is 395 g/mol. The molecule has 27 heavy (non-hydrogen) atoms. The number of carbonyl (C=O) groups excluding carboxylic acids is 1. The molecule has 0 saturated carbocycles. The third-order valence-electron chi connectivity index (χ3n) is 3.95. The van der Waals surface area contributed by atoms with Gasteiger partial charge in [0, 0.05) is 16.7 Å². The van der Waals surface area contributed by atoms with Crippen LogP contribution in [0.4, 0.5) is 4.39 Å². The first-order valence-corrected chi connectivity index (χ1v) is 8.33. The molecule has 1 aromatic heterocycles. The van der Waals surface area contributed by atoms with E-state index >= 15 is 0 Å². The fourth-order valence-corrected chi connectivity index (χ4v) is 3.12. The number of benzene rings is 1. The van der Waals surface area contributed by atoms with Crippen molar-refractivity contribution in [2.24, 2.45) is 5.73 Å². The molecule has 2 heterocycles. The first kappa shape index (κ1) is 18.9. The van der Waals surface area contributed by atoms with Gasteiger partial charge in [-0.3, -0.25) is 4.79 Å². The van der Waals surface area contributed by atoms with Crippen LogP contribution in [-0.4, -0.2) is 17.7 Å². The number of aliphatic hydroxyl groups is 1. The Hall–Kier alpha value is -2.84. The van der Waals surface area contributed by atoms with Crippen molar-refractivity contribution in [3.05, 3.63) is 73.9 Å². The number of aliphatic hydroxyl groups excluding tert-OH is 1. The second-order valence-corrected chi connectivity index (χ2v) is 6.00. The molecule has 3 rings (SSSR count). The lowest BCUT2D eigenvalue weighted by Gasteiger charge is -2.27. The van der Waals surface area contributed by atoms with E-state index in [1.54, 1.807) is 6.92 Å². The number of esters is 1. The fraction of sp³-hybridized carbons (Fsp3) is 0.222. The van der Waals surface area contributed by atoms with E-state index in [9.17, 15) is 19.1 Å². The Kier molecular flexibility index (Phi) is 5.20. The minimum atomic E-state index is -1.29. The van der Waals surface area contributed by atoms with Gasteiger partial charge < -0.3 is 24.7 Å². The van der Waals surface area contributed by atoms with Crippen molar-refractivity contribution in [3.63, 3.8) is 0 Å². The number of nitrogens with two attached hydrogens (primary N) is 1. The van der Waals surface area contributed by atoms with Crippen LogP contribution in [0.1, 0.15) is 29.9 Å². The Balaban J connectivity index is 2.35. The van der Waals surface area contributed by atoms with Gasteiger partial charge in [0.25, 0.3) is 0 Å². The van der Waals surface area contributed by atoms with E-state index in [0.29, 0.717) is 0 Å². The van der Waals surface area contributed by atoms with Gasteiger partial charge in [-0.25, -0.2) is 9.18 Å². The Morgan fingerprint density at radius 2 is 2.19 bits per heavy atom. The average molecular weight is 396 g/mol. The molecule has 1 atom stereocenters. The third kappa shape index (κ3) is 3.29. The molecular weight excluding hydrogens is 381 g/mol. The first-order valence-electron chi connectivity index (χ1n) is 7.95. The number of hydrogen-bond acceptors (Lipinski definition) is 7. The highest BCUT2D eigenvalue weighted by atomic mass is 35.5. The Morgan fingerprint density at radius 1 is 1.44 bits per heavy atom. The van der Waals surface area contributed by atoms with E-state index in [0.717, 1.165) is 12.1 Å². The molecule has 0 bridgehead atoms. The van der Waals surface area contributed by atoms with Crippen molar-refractivity contribution in [3.8, 4) is 5.75 Å². The van der Waals surface area contributed by atoms with Crippen LogP contribution in [-0.2, 0) is 16.1 Å². The van der Waals surface area contributed by atoms with Crippen LogP contribution >= 0.6 is 11.6 Å². The maximum atomic E-state index is 14.7. The summed E-state index contributed by atoms with van der Waals surface area (Å²) in [6, 6.07) is 4.96. The van der Waals surface area contributed by atoms with E-state index in [-0.39, 0.29) is 40.0 Å². The highest BCUT2D eigenvalue weighted by molar-refractivity contribution is 6.31. The minimum absolute atomic E-state index is 0.0144. The second kappa shape index (κ2) is 7.42. The number of hydrogen-bond donors (Lipinski definition) is 2. The maximum Gasteiger partial charge on any atom is 0.340 e. The largest absolute Gasteiger partial charge is 0.462 e. The fourth-order valence-electron chi connectivity index (χ4n) is 2.85. The van der Waals surface area contributed by atoms with Gasteiger partial charge in [0.1, 0.15) is 23.8 Å². The highest BCUT2D eigenvalue weighted by Gasteiger charge is 2.41. The lowest BCUT2D eigenvalue weighted by Crippen LogP contribution is -2.30. The Morgan fingerprint density at radius 3 is 2.81 bits per heavy atom. The molecule has 0 aliphatic carbocycles. The molecule has 3 N–H and O–H groups in total. The van der Waals surface area contributed by atoms with Gasteiger partial charge in [0.15, 0.2) is 5.76 Å². The smallest absolute Gasteiger partial charge is 0.340 e. The SMILES string of the molecule is CCOC(=O)C1=C(N)Oc2c(oc(CO)cc2=O)C1c1c(F)cccc1Cl. The van der Waals surface area contributed by atoms with Crippen molar-refractivity contribution in [1.29, 1.82) is 0 Å². The molecule has 0 amide bonds. The van der Waals surface area contributed by atoms with Crippen LogP contribution in [0, 0.1) is 5.82 Å². The summed E-state index contributed by atoms with van der Waals surface area (Å²) in [4.78, 5) is 24.8. The average Bonchev–Trinajstić information content (AvgIpc) is 2.62. The van der Waals surface area contributed by atoms with Gasteiger partial charge in [-0.1, -0.05) is 17.7 Å². The molecule has 1 aliphatic rings. The predicted octanol–water partition coefficient (Wildman–Crippen LogP) is 2.18. The molecule has 0 spiro atoms. The lowest BCUT2D eigenvalue weighted by molar-refractivity contribution is -0.139. The van der Waals surface area contributed by atoms with Gasteiger partial charge >= 0.3 is 5.97 Å². The normalized spacial score (nSPS) is 15.9. The molecule has 142 valence electrons. The topological polar surface area (TPSA) is 112 Å². The molecule has 0 saturated heterocycles. The van der Waals surface area contributed by atoms with Gasteiger partial charge in [0.2, 0.25) is 17.1 Å². The lowest BCUT2D eigenvalue weighted by atomic mass is 9.86. The maximum absolute atomic E-state index is 14.7. The van der Waals surface area contributed by atoms with Crippen LogP contribution < -0.4 is 15.9 Å². The van der Waals surface area contributed by atoms with Crippen molar-refractivity contribution >= 4 is 17.6 Å². The third-order valence-corrected chi connectivity index (χ3v) is 4.28. The molecule has 1 unspecified atom stereocenters. The van der Waals surface area contributed by atoms with Gasteiger partial charge in [-0.2, -0.15) is 0 Å². The molecule has 1 aromatic carbocycles. The van der Waals surface area contributed by atoms with Gasteiger partial charge in [-0.15, -0.1) is 0 Å². The second-order valence-electron chi connectivity index (χ2n) is 5.60. The van der Waals surface area contributed by atoms with Crippen molar-refractivity contribution < 1.29 is 28.2 Å².